The number of nitrogens with zero attached hydrogens (tertiary/aromatic N) is 2. The topological polar surface area (TPSA) is 51.4 Å². The fourth-order valence-electron chi connectivity index (χ4n) is 1.86. The third-order valence-electron chi connectivity index (χ3n) is 2.54. The number of aromatic nitrogens is 1. The van der Waals surface area contributed by atoms with E-state index < -0.39 is 0 Å². The number of pyridine rings is 1. The van der Waals surface area contributed by atoms with E-state index in [1.807, 2.05) is 13.0 Å². The molecule has 1 fully saturated rings. The molecular weight excluding hydrogens is 190 g/mol. The van der Waals surface area contributed by atoms with Gasteiger partial charge in [-0.1, -0.05) is 0 Å². The maximum absolute atomic E-state index is 5.73. The van der Waals surface area contributed by atoms with Crippen LogP contribution in [0.2, 0.25) is 0 Å². The molecule has 2 heterocycles. The van der Waals surface area contributed by atoms with Crippen molar-refractivity contribution in [2.24, 2.45) is 0 Å². The summed E-state index contributed by atoms with van der Waals surface area (Å²) < 4.78 is 5.49. The number of ether oxygens (including phenoxy) is 1. The number of nitrogen functional groups attached to an aromatic ring is 1. The predicted molar refractivity (Wildman–Crippen MR) is 61.0 cm³/mol. The lowest BCUT2D eigenvalue weighted by molar-refractivity contribution is 0.0529. The monoisotopic (exact) mass is 207 g/mol. The van der Waals surface area contributed by atoms with Gasteiger partial charge in [-0.05, 0) is 31.5 Å². The minimum absolute atomic E-state index is 0.266. The lowest BCUT2D eigenvalue weighted by Crippen LogP contribution is -2.41. The van der Waals surface area contributed by atoms with Gasteiger partial charge in [-0.2, -0.15) is 0 Å². The van der Waals surface area contributed by atoms with Gasteiger partial charge in [0.15, 0.2) is 0 Å². The number of morpholine rings is 1. The number of hydrogen-bond acceptors (Lipinski definition) is 4. The van der Waals surface area contributed by atoms with Crippen LogP contribution in [0.15, 0.2) is 12.1 Å². The maximum atomic E-state index is 5.73. The van der Waals surface area contributed by atoms with Crippen LogP contribution in [0, 0.1) is 6.92 Å². The highest BCUT2D eigenvalue weighted by Gasteiger charge is 2.18. The van der Waals surface area contributed by atoms with Crippen LogP contribution in [-0.4, -0.2) is 30.8 Å². The van der Waals surface area contributed by atoms with Crippen LogP contribution in [0.3, 0.4) is 0 Å². The molecule has 0 aliphatic carbocycles. The first-order valence-corrected chi connectivity index (χ1v) is 5.26. The van der Waals surface area contributed by atoms with Gasteiger partial charge in [-0.15, -0.1) is 0 Å². The molecular formula is C11H17N3O. The third-order valence-corrected chi connectivity index (χ3v) is 2.54. The predicted octanol–water partition coefficient (Wildman–Crippen LogP) is 1.20. The van der Waals surface area contributed by atoms with Crippen LogP contribution in [0.5, 0.6) is 0 Å². The Hall–Kier alpha value is -1.29. The largest absolute Gasteiger partial charge is 0.384 e. The van der Waals surface area contributed by atoms with Crippen molar-refractivity contribution in [3.63, 3.8) is 0 Å². The van der Waals surface area contributed by atoms with E-state index in [-0.39, 0.29) is 6.10 Å². The number of anilines is 2. The van der Waals surface area contributed by atoms with Gasteiger partial charge < -0.3 is 15.4 Å². The Morgan fingerprint density at radius 3 is 3.00 bits per heavy atom. The van der Waals surface area contributed by atoms with Crippen molar-refractivity contribution in [3.05, 3.63) is 17.7 Å². The lowest BCUT2D eigenvalue weighted by Gasteiger charge is -2.32. The quantitative estimate of drug-likeness (QED) is 0.751. The zero-order chi connectivity index (χ0) is 10.8. The lowest BCUT2D eigenvalue weighted by atomic mass is 10.2. The average molecular weight is 207 g/mol. The van der Waals surface area contributed by atoms with Gasteiger partial charge >= 0.3 is 0 Å². The van der Waals surface area contributed by atoms with Crippen molar-refractivity contribution in [2.75, 3.05) is 30.3 Å². The van der Waals surface area contributed by atoms with Gasteiger partial charge in [0, 0.05) is 13.1 Å². The Labute approximate surface area is 90.0 Å². The van der Waals surface area contributed by atoms with Gasteiger partial charge in [-0.3, -0.25) is 0 Å². The summed E-state index contributed by atoms with van der Waals surface area (Å²) in [6.45, 7) is 6.64. The van der Waals surface area contributed by atoms with Crippen LogP contribution in [0.4, 0.5) is 11.6 Å². The van der Waals surface area contributed by atoms with Crippen molar-refractivity contribution >= 4 is 11.6 Å². The molecule has 1 saturated heterocycles. The molecule has 82 valence electrons. The van der Waals surface area contributed by atoms with Crippen molar-refractivity contribution < 1.29 is 4.74 Å². The van der Waals surface area contributed by atoms with Gasteiger partial charge in [0.05, 0.1) is 12.7 Å². The molecule has 1 aliphatic rings. The summed E-state index contributed by atoms with van der Waals surface area (Å²) in [5, 5.41) is 0. The van der Waals surface area contributed by atoms with Crippen LogP contribution in [-0.2, 0) is 4.74 Å². The molecule has 0 saturated carbocycles. The van der Waals surface area contributed by atoms with Crippen LogP contribution in [0.1, 0.15) is 12.5 Å². The van der Waals surface area contributed by atoms with E-state index in [0.29, 0.717) is 5.82 Å². The van der Waals surface area contributed by atoms with Crippen LogP contribution >= 0.6 is 0 Å². The summed E-state index contributed by atoms with van der Waals surface area (Å²) in [6, 6.07) is 3.95. The minimum atomic E-state index is 0.266. The fraction of sp³-hybridized carbons (Fsp3) is 0.545. The highest BCUT2D eigenvalue weighted by atomic mass is 16.5. The van der Waals surface area contributed by atoms with E-state index in [1.54, 1.807) is 0 Å². The maximum Gasteiger partial charge on any atom is 0.131 e. The Bertz CT molecular complexity index is 333. The SMILES string of the molecule is Cc1cc(N)nc(N2CCO[C@@H](C)C2)c1. The molecule has 1 atom stereocenters. The first-order valence-electron chi connectivity index (χ1n) is 5.26. The van der Waals surface area contributed by atoms with E-state index in [4.69, 9.17) is 10.5 Å². The molecule has 1 aliphatic heterocycles. The first-order chi connectivity index (χ1) is 7.15. The molecule has 4 heteroatoms. The molecule has 0 unspecified atom stereocenters. The number of hydrogen-bond donors (Lipinski definition) is 1. The molecule has 0 aromatic carbocycles. The van der Waals surface area contributed by atoms with Crippen molar-refractivity contribution in [1.29, 1.82) is 0 Å². The summed E-state index contributed by atoms with van der Waals surface area (Å²) >= 11 is 0. The summed E-state index contributed by atoms with van der Waals surface area (Å²) in [6.07, 6.45) is 0.266. The highest BCUT2D eigenvalue weighted by Crippen LogP contribution is 2.18. The second kappa shape index (κ2) is 4.06. The smallest absolute Gasteiger partial charge is 0.131 e. The van der Waals surface area contributed by atoms with Crippen molar-refractivity contribution in [1.82, 2.24) is 4.98 Å². The van der Waals surface area contributed by atoms with Gasteiger partial charge in [0.25, 0.3) is 0 Å². The minimum Gasteiger partial charge on any atom is -0.384 e. The Kier molecular flexibility index (Phi) is 2.77. The van der Waals surface area contributed by atoms with E-state index in [1.165, 1.54) is 0 Å². The molecule has 0 amide bonds. The first kappa shape index (κ1) is 10.2. The molecule has 4 nitrogen and oxygen atoms in total. The summed E-state index contributed by atoms with van der Waals surface area (Å²) in [5.74, 6) is 1.55. The average Bonchev–Trinajstić information content (AvgIpc) is 2.16. The molecule has 0 bridgehead atoms. The third kappa shape index (κ3) is 2.39. The molecule has 2 N–H and O–H groups in total. The Morgan fingerprint density at radius 2 is 2.33 bits per heavy atom. The van der Waals surface area contributed by atoms with Crippen molar-refractivity contribution in [3.8, 4) is 0 Å². The van der Waals surface area contributed by atoms with E-state index in [0.717, 1.165) is 31.1 Å². The van der Waals surface area contributed by atoms with E-state index >= 15 is 0 Å². The summed E-state index contributed by atoms with van der Waals surface area (Å²) in [7, 11) is 0. The second-order valence-corrected chi connectivity index (χ2v) is 4.05. The van der Waals surface area contributed by atoms with Gasteiger partial charge in [-0.25, -0.2) is 4.98 Å². The number of rotatable bonds is 1. The molecule has 0 spiro atoms. The standard InChI is InChI=1S/C11H17N3O/c1-8-5-10(12)13-11(6-8)14-3-4-15-9(2)7-14/h5-6,9H,3-4,7H2,1-2H3,(H2,12,13)/t9-/m0/s1. The molecule has 2 rings (SSSR count). The van der Waals surface area contributed by atoms with E-state index in [2.05, 4.69) is 22.9 Å². The normalized spacial score (nSPS) is 21.7. The van der Waals surface area contributed by atoms with Gasteiger partial charge in [0.2, 0.25) is 0 Å². The second-order valence-electron chi connectivity index (χ2n) is 4.05. The summed E-state index contributed by atoms with van der Waals surface area (Å²) in [4.78, 5) is 6.56. The molecule has 0 radical (unpaired) electrons. The number of aryl methyl sites for hydroxylation is 1. The zero-order valence-electron chi connectivity index (χ0n) is 9.23. The Morgan fingerprint density at radius 1 is 1.53 bits per heavy atom. The molecule has 15 heavy (non-hydrogen) atoms. The highest BCUT2D eigenvalue weighted by molar-refractivity contribution is 5.48. The van der Waals surface area contributed by atoms with Crippen LogP contribution < -0.4 is 10.6 Å². The zero-order valence-corrected chi connectivity index (χ0v) is 9.23. The van der Waals surface area contributed by atoms with Crippen molar-refractivity contribution in [2.45, 2.75) is 20.0 Å². The molecule has 1 aromatic heterocycles. The van der Waals surface area contributed by atoms with Gasteiger partial charge in [0.1, 0.15) is 11.6 Å². The van der Waals surface area contributed by atoms with Crippen LogP contribution in [0.25, 0.3) is 0 Å². The van der Waals surface area contributed by atoms with E-state index in [9.17, 15) is 0 Å². The summed E-state index contributed by atoms with van der Waals surface area (Å²) in [5.41, 5.74) is 6.88. The number of nitrogens with two attached hydrogens (primary N) is 1. The molecule has 1 aromatic rings. The Balaban J connectivity index is 2.20. The fourth-order valence-corrected chi connectivity index (χ4v) is 1.86.